The lowest BCUT2D eigenvalue weighted by Gasteiger charge is -2.38. The first-order chi connectivity index (χ1) is 9.65. The number of likely N-dealkylation sites (tertiary alicyclic amines) is 1. The zero-order chi connectivity index (χ0) is 16.2. The standard InChI is InChI=1S/C15H28N2O4/c1-11(13(18)20-6)17-9-7-12(8-10-17)16(5)14(19)21-15(2,3)4/h11-12H,7-10H2,1-6H3. The maximum atomic E-state index is 12.0. The van der Waals surface area contributed by atoms with Crippen LogP contribution in [0.3, 0.4) is 0 Å². The van der Waals surface area contributed by atoms with Crippen molar-refractivity contribution in [2.75, 3.05) is 27.2 Å². The van der Waals surface area contributed by atoms with Crippen molar-refractivity contribution in [2.45, 2.75) is 58.2 Å². The number of amides is 1. The van der Waals surface area contributed by atoms with Crippen LogP contribution >= 0.6 is 0 Å². The van der Waals surface area contributed by atoms with Crippen LogP contribution in [0.1, 0.15) is 40.5 Å². The summed E-state index contributed by atoms with van der Waals surface area (Å²) < 4.78 is 10.1. The van der Waals surface area contributed by atoms with Gasteiger partial charge in [0.2, 0.25) is 0 Å². The lowest BCUT2D eigenvalue weighted by Crippen LogP contribution is -2.50. The lowest BCUT2D eigenvalue weighted by molar-refractivity contribution is -0.146. The number of carbonyl (C=O) groups is 2. The summed E-state index contributed by atoms with van der Waals surface area (Å²) in [4.78, 5) is 27.3. The van der Waals surface area contributed by atoms with E-state index in [1.54, 1.807) is 11.9 Å². The number of carbonyl (C=O) groups excluding carboxylic acids is 2. The van der Waals surface area contributed by atoms with Gasteiger partial charge in [0, 0.05) is 26.2 Å². The van der Waals surface area contributed by atoms with Gasteiger partial charge in [0.05, 0.1) is 7.11 Å². The Hall–Kier alpha value is -1.30. The summed E-state index contributed by atoms with van der Waals surface area (Å²) in [7, 11) is 3.18. The van der Waals surface area contributed by atoms with Crippen LogP contribution in [0.25, 0.3) is 0 Å². The van der Waals surface area contributed by atoms with Gasteiger partial charge in [-0.2, -0.15) is 0 Å². The molecule has 1 heterocycles. The van der Waals surface area contributed by atoms with Gasteiger partial charge in [-0.3, -0.25) is 9.69 Å². The van der Waals surface area contributed by atoms with Crippen molar-refractivity contribution in [3.63, 3.8) is 0 Å². The number of piperidine rings is 1. The molecule has 0 saturated carbocycles. The van der Waals surface area contributed by atoms with Crippen molar-refractivity contribution in [3.8, 4) is 0 Å². The molecule has 6 nitrogen and oxygen atoms in total. The molecule has 0 spiro atoms. The Morgan fingerprint density at radius 2 is 1.76 bits per heavy atom. The highest BCUT2D eigenvalue weighted by molar-refractivity contribution is 5.75. The Bertz CT molecular complexity index is 370. The van der Waals surface area contributed by atoms with Crippen LogP contribution in [0.2, 0.25) is 0 Å². The SMILES string of the molecule is COC(=O)C(C)N1CCC(N(C)C(=O)OC(C)(C)C)CC1. The predicted octanol–water partition coefficient (Wildman–Crippen LogP) is 1.88. The molecule has 0 N–H and O–H groups in total. The van der Waals surface area contributed by atoms with E-state index < -0.39 is 5.60 Å². The second-order valence-electron chi connectivity index (χ2n) is 6.56. The van der Waals surface area contributed by atoms with E-state index in [2.05, 4.69) is 4.90 Å². The highest BCUT2D eigenvalue weighted by Gasteiger charge is 2.31. The van der Waals surface area contributed by atoms with Crippen molar-refractivity contribution in [3.05, 3.63) is 0 Å². The van der Waals surface area contributed by atoms with Gasteiger partial charge in [-0.1, -0.05) is 0 Å². The van der Waals surface area contributed by atoms with E-state index in [1.807, 2.05) is 27.7 Å². The molecular weight excluding hydrogens is 272 g/mol. The zero-order valence-electron chi connectivity index (χ0n) is 14.0. The lowest BCUT2D eigenvalue weighted by atomic mass is 10.0. The van der Waals surface area contributed by atoms with Crippen molar-refractivity contribution in [1.29, 1.82) is 0 Å². The molecule has 122 valence electrons. The number of rotatable bonds is 3. The molecule has 1 unspecified atom stereocenters. The van der Waals surface area contributed by atoms with Gasteiger partial charge in [0.15, 0.2) is 0 Å². The quantitative estimate of drug-likeness (QED) is 0.745. The van der Waals surface area contributed by atoms with Gasteiger partial charge >= 0.3 is 12.1 Å². The van der Waals surface area contributed by atoms with Crippen LogP contribution in [0.15, 0.2) is 0 Å². The summed E-state index contributed by atoms with van der Waals surface area (Å²) in [6, 6.07) is -0.0799. The molecule has 6 heteroatoms. The normalized spacial score (nSPS) is 19.0. The minimum absolute atomic E-state index is 0.154. The monoisotopic (exact) mass is 300 g/mol. The second-order valence-corrected chi connectivity index (χ2v) is 6.56. The third-order valence-electron chi connectivity index (χ3n) is 3.82. The van der Waals surface area contributed by atoms with Gasteiger partial charge in [0.25, 0.3) is 0 Å². The number of ether oxygens (including phenoxy) is 2. The molecule has 0 aliphatic carbocycles. The molecule has 21 heavy (non-hydrogen) atoms. The molecule has 0 aromatic rings. The van der Waals surface area contributed by atoms with Gasteiger partial charge in [-0.05, 0) is 40.5 Å². The van der Waals surface area contributed by atoms with E-state index in [0.717, 1.165) is 25.9 Å². The molecule has 1 aliphatic rings. The summed E-state index contributed by atoms with van der Waals surface area (Å²) in [6.07, 6.45) is 1.37. The molecule has 0 aromatic carbocycles. The number of methoxy groups -OCH3 is 1. The van der Waals surface area contributed by atoms with Crippen molar-refractivity contribution < 1.29 is 19.1 Å². The van der Waals surface area contributed by atoms with Crippen LogP contribution in [-0.4, -0.2) is 66.8 Å². The molecule has 1 atom stereocenters. The fourth-order valence-corrected chi connectivity index (χ4v) is 2.46. The molecule has 0 bridgehead atoms. The fourth-order valence-electron chi connectivity index (χ4n) is 2.46. The Labute approximate surface area is 127 Å². The largest absolute Gasteiger partial charge is 0.468 e. The molecule has 1 saturated heterocycles. The van der Waals surface area contributed by atoms with Crippen molar-refractivity contribution in [1.82, 2.24) is 9.80 Å². The molecular formula is C15H28N2O4. The average molecular weight is 300 g/mol. The van der Waals surface area contributed by atoms with Crippen LogP contribution in [0, 0.1) is 0 Å². The van der Waals surface area contributed by atoms with Crippen molar-refractivity contribution >= 4 is 12.1 Å². The van der Waals surface area contributed by atoms with E-state index in [-0.39, 0.29) is 24.1 Å². The third-order valence-corrected chi connectivity index (χ3v) is 3.82. The number of hydrogen-bond acceptors (Lipinski definition) is 5. The van der Waals surface area contributed by atoms with Crippen molar-refractivity contribution in [2.24, 2.45) is 0 Å². The highest BCUT2D eigenvalue weighted by Crippen LogP contribution is 2.20. The molecule has 1 amide bonds. The topological polar surface area (TPSA) is 59.1 Å². The Kier molecular flexibility index (Phi) is 6.01. The van der Waals surface area contributed by atoms with E-state index in [4.69, 9.17) is 9.47 Å². The molecule has 1 fully saturated rings. The zero-order valence-corrected chi connectivity index (χ0v) is 14.0. The van der Waals surface area contributed by atoms with Crippen LogP contribution < -0.4 is 0 Å². The Morgan fingerprint density at radius 1 is 1.24 bits per heavy atom. The number of esters is 1. The van der Waals surface area contributed by atoms with Gasteiger partial charge < -0.3 is 14.4 Å². The van der Waals surface area contributed by atoms with Gasteiger partial charge in [-0.25, -0.2) is 4.79 Å². The Morgan fingerprint density at radius 3 is 2.19 bits per heavy atom. The molecule has 1 aliphatic heterocycles. The van der Waals surface area contributed by atoms with Gasteiger partial charge in [0.1, 0.15) is 11.6 Å². The molecule has 0 aromatic heterocycles. The third kappa shape index (κ3) is 5.19. The smallest absolute Gasteiger partial charge is 0.410 e. The van der Waals surface area contributed by atoms with Crippen LogP contribution in [0.5, 0.6) is 0 Å². The van der Waals surface area contributed by atoms with E-state index in [0.29, 0.717) is 0 Å². The minimum atomic E-state index is -0.481. The average Bonchev–Trinajstić information content (AvgIpc) is 2.43. The van der Waals surface area contributed by atoms with E-state index >= 15 is 0 Å². The summed E-state index contributed by atoms with van der Waals surface area (Å²) >= 11 is 0. The van der Waals surface area contributed by atoms with E-state index in [1.165, 1.54) is 7.11 Å². The first-order valence-electron chi connectivity index (χ1n) is 7.43. The summed E-state index contributed by atoms with van der Waals surface area (Å²) in [5, 5.41) is 0. The number of hydrogen-bond donors (Lipinski definition) is 0. The maximum Gasteiger partial charge on any atom is 0.410 e. The maximum absolute atomic E-state index is 12.0. The predicted molar refractivity (Wildman–Crippen MR) is 80.1 cm³/mol. The first-order valence-corrected chi connectivity index (χ1v) is 7.43. The molecule has 0 radical (unpaired) electrons. The van der Waals surface area contributed by atoms with Crippen LogP contribution in [0.4, 0.5) is 4.79 Å². The fraction of sp³-hybridized carbons (Fsp3) is 0.867. The summed E-state index contributed by atoms with van der Waals surface area (Å²) in [6.45, 7) is 8.98. The summed E-state index contributed by atoms with van der Waals surface area (Å²) in [5.41, 5.74) is -0.481. The Balaban J connectivity index is 2.49. The second kappa shape index (κ2) is 7.11. The number of nitrogens with zero attached hydrogens (tertiary/aromatic N) is 2. The summed E-state index contributed by atoms with van der Waals surface area (Å²) in [5.74, 6) is -0.214. The first kappa shape index (κ1) is 17.8. The van der Waals surface area contributed by atoms with E-state index in [9.17, 15) is 9.59 Å². The van der Waals surface area contributed by atoms with Gasteiger partial charge in [-0.15, -0.1) is 0 Å². The highest BCUT2D eigenvalue weighted by atomic mass is 16.6. The molecule has 1 rings (SSSR count). The minimum Gasteiger partial charge on any atom is -0.468 e. The van der Waals surface area contributed by atoms with Crippen LogP contribution in [-0.2, 0) is 14.3 Å².